The summed E-state index contributed by atoms with van der Waals surface area (Å²) < 4.78 is 54.5. The van der Waals surface area contributed by atoms with E-state index in [9.17, 15) is 17.2 Å². The zero-order valence-corrected chi connectivity index (χ0v) is 13.2. The highest BCUT2D eigenvalue weighted by Crippen LogP contribution is 2.26. The predicted octanol–water partition coefficient (Wildman–Crippen LogP) is 3.42. The molecule has 0 aliphatic heterocycles. The van der Waals surface area contributed by atoms with Crippen LogP contribution in [0.15, 0.2) is 39.7 Å². The Labute approximate surface area is 129 Å². The molecule has 0 saturated carbocycles. The Kier molecular flexibility index (Phi) is 4.20. The fourth-order valence-corrected chi connectivity index (χ4v) is 3.61. The molecule has 0 amide bonds. The summed E-state index contributed by atoms with van der Waals surface area (Å²) in [5.41, 5.74) is 6.04. The van der Waals surface area contributed by atoms with Crippen molar-refractivity contribution in [2.45, 2.75) is 11.8 Å². The fraction of sp³-hybridized carbons (Fsp3) is 0.0769. The summed E-state index contributed by atoms with van der Waals surface area (Å²) in [5, 5.41) is 0. The second kappa shape index (κ2) is 5.61. The monoisotopic (exact) mass is 376 g/mol. The van der Waals surface area contributed by atoms with E-state index in [1.807, 2.05) is 0 Å². The highest BCUT2D eigenvalue weighted by atomic mass is 79.9. The highest BCUT2D eigenvalue weighted by molar-refractivity contribution is 9.10. The van der Waals surface area contributed by atoms with Gasteiger partial charge in [-0.2, -0.15) is 0 Å². The van der Waals surface area contributed by atoms with Crippen LogP contribution in [0.1, 0.15) is 5.56 Å². The minimum Gasteiger partial charge on any atom is -0.399 e. The van der Waals surface area contributed by atoms with Crippen molar-refractivity contribution in [3.05, 3.63) is 52.0 Å². The SMILES string of the molecule is Cc1cc(Br)cc(NS(=O)(=O)c2c(F)cc(N)cc2F)c1. The number of sulfonamides is 1. The summed E-state index contributed by atoms with van der Waals surface area (Å²) in [6.07, 6.45) is 0. The number of nitrogens with one attached hydrogen (secondary N) is 1. The number of hydrogen-bond donors (Lipinski definition) is 2. The fourth-order valence-electron chi connectivity index (χ4n) is 1.84. The molecule has 21 heavy (non-hydrogen) atoms. The van der Waals surface area contributed by atoms with Gasteiger partial charge in [-0.05, 0) is 42.8 Å². The summed E-state index contributed by atoms with van der Waals surface area (Å²) in [5.74, 6) is -2.49. The maximum Gasteiger partial charge on any atom is 0.267 e. The molecule has 0 bridgehead atoms. The molecule has 2 rings (SSSR count). The number of halogens is 3. The number of nitrogens with two attached hydrogens (primary N) is 1. The molecule has 0 aromatic heterocycles. The number of hydrogen-bond acceptors (Lipinski definition) is 3. The summed E-state index contributed by atoms with van der Waals surface area (Å²) in [7, 11) is -4.40. The van der Waals surface area contributed by atoms with Gasteiger partial charge in [0.2, 0.25) is 0 Å². The minimum atomic E-state index is -4.40. The first kappa shape index (κ1) is 15.7. The molecule has 0 atom stereocenters. The summed E-state index contributed by atoms with van der Waals surface area (Å²) in [6.45, 7) is 1.76. The van der Waals surface area contributed by atoms with Crippen molar-refractivity contribution in [2.24, 2.45) is 0 Å². The van der Waals surface area contributed by atoms with Crippen molar-refractivity contribution in [3.8, 4) is 0 Å². The van der Waals surface area contributed by atoms with Crippen LogP contribution in [0.5, 0.6) is 0 Å². The van der Waals surface area contributed by atoms with Gasteiger partial charge in [0.25, 0.3) is 10.0 Å². The molecule has 0 unspecified atom stereocenters. The number of rotatable bonds is 3. The van der Waals surface area contributed by atoms with Crippen molar-refractivity contribution in [2.75, 3.05) is 10.5 Å². The van der Waals surface area contributed by atoms with Gasteiger partial charge in [0.1, 0.15) is 11.6 Å². The normalized spacial score (nSPS) is 11.4. The third-order valence-electron chi connectivity index (χ3n) is 2.58. The maximum absolute atomic E-state index is 13.7. The lowest BCUT2D eigenvalue weighted by Crippen LogP contribution is -2.17. The zero-order chi connectivity index (χ0) is 15.8. The Balaban J connectivity index is 2.48. The van der Waals surface area contributed by atoms with Crippen molar-refractivity contribution in [1.82, 2.24) is 0 Å². The molecule has 2 aromatic rings. The Bertz CT molecular complexity index is 767. The molecule has 0 heterocycles. The quantitative estimate of drug-likeness (QED) is 0.806. The van der Waals surface area contributed by atoms with Crippen LogP contribution in [0.25, 0.3) is 0 Å². The lowest BCUT2D eigenvalue weighted by atomic mass is 10.2. The highest BCUT2D eigenvalue weighted by Gasteiger charge is 2.25. The standard InChI is InChI=1S/C13H11BrF2N2O2S/c1-7-2-8(14)4-10(3-7)18-21(19,20)13-11(15)5-9(17)6-12(13)16/h2-6,18H,17H2,1H3. The Hall–Kier alpha value is -1.67. The third-order valence-corrected chi connectivity index (χ3v) is 4.47. The average Bonchev–Trinajstić information content (AvgIpc) is 2.23. The first-order chi connectivity index (χ1) is 9.69. The molecular weight excluding hydrogens is 366 g/mol. The Morgan fingerprint density at radius 1 is 1.10 bits per heavy atom. The molecule has 4 nitrogen and oxygen atoms in total. The van der Waals surface area contributed by atoms with E-state index in [0.717, 1.165) is 17.7 Å². The van der Waals surface area contributed by atoms with E-state index >= 15 is 0 Å². The number of nitrogen functional groups attached to an aromatic ring is 1. The van der Waals surface area contributed by atoms with E-state index in [0.29, 0.717) is 4.47 Å². The summed E-state index contributed by atoms with van der Waals surface area (Å²) >= 11 is 3.22. The van der Waals surface area contributed by atoms with Crippen molar-refractivity contribution in [1.29, 1.82) is 0 Å². The molecule has 0 aliphatic rings. The molecule has 8 heteroatoms. The van der Waals surface area contributed by atoms with Gasteiger partial charge in [-0.15, -0.1) is 0 Å². The molecule has 3 N–H and O–H groups in total. The van der Waals surface area contributed by atoms with Crippen molar-refractivity contribution >= 4 is 37.3 Å². The molecule has 2 aromatic carbocycles. The van der Waals surface area contributed by atoms with E-state index in [1.54, 1.807) is 13.0 Å². The first-order valence-corrected chi connectivity index (χ1v) is 8.01. The van der Waals surface area contributed by atoms with E-state index in [-0.39, 0.29) is 11.4 Å². The lowest BCUT2D eigenvalue weighted by molar-refractivity contribution is 0.522. The first-order valence-electron chi connectivity index (χ1n) is 5.73. The van der Waals surface area contributed by atoms with E-state index in [2.05, 4.69) is 20.7 Å². The van der Waals surface area contributed by atoms with Crippen molar-refractivity contribution in [3.63, 3.8) is 0 Å². The lowest BCUT2D eigenvalue weighted by Gasteiger charge is -2.11. The van der Waals surface area contributed by atoms with Gasteiger partial charge < -0.3 is 5.73 Å². The van der Waals surface area contributed by atoms with Crippen LogP contribution in [0.3, 0.4) is 0 Å². The Morgan fingerprint density at radius 3 is 2.19 bits per heavy atom. The van der Waals surface area contributed by atoms with Crippen molar-refractivity contribution < 1.29 is 17.2 Å². The van der Waals surface area contributed by atoms with Crippen LogP contribution in [0, 0.1) is 18.6 Å². The topological polar surface area (TPSA) is 72.2 Å². The van der Waals surface area contributed by atoms with Crippen LogP contribution in [-0.4, -0.2) is 8.42 Å². The van der Waals surface area contributed by atoms with Gasteiger partial charge >= 0.3 is 0 Å². The maximum atomic E-state index is 13.7. The summed E-state index contributed by atoms with van der Waals surface area (Å²) in [4.78, 5) is -1.06. The third kappa shape index (κ3) is 3.51. The molecule has 0 radical (unpaired) electrons. The van der Waals surface area contributed by atoms with Crippen LogP contribution < -0.4 is 10.5 Å². The van der Waals surface area contributed by atoms with E-state index in [4.69, 9.17) is 5.73 Å². The van der Waals surface area contributed by atoms with Gasteiger partial charge in [0, 0.05) is 10.2 Å². The largest absolute Gasteiger partial charge is 0.399 e. The zero-order valence-electron chi connectivity index (χ0n) is 10.8. The number of aryl methyl sites for hydroxylation is 1. The van der Waals surface area contributed by atoms with Gasteiger partial charge in [0.15, 0.2) is 4.90 Å². The molecule has 0 fully saturated rings. The molecule has 112 valence electrons. The van der Waals surface area contributed by atoms with E-state index in [1.165, 1.54) is 12.1 Å². The second-order valence-electron chi connectivity index (χ2n) is 4.44. The summed E-state index contributed by atoms with van der Waals surface area (Å²) in [6, 6.07) is 6.29. The van der Waals surface area contributed by atoms with Gasteiger partial charge in [-0.3, -0.25) is 4.72 Å². The molecule has 0 spiro atoms. The predicted molar refractivity (Wildman–Crippen MR) is 80.5 cm³/mol. The number of benzene rings is 2. The minimum absolute atomic E-state index is 0.192. The second-order valence-corrected chi connectivity index (χ2v) is 6.97. The van der Waals surface area contributed by atoms with Crippen LogP contribution in [0.4, 0.5) is 20.2 Å². The van der Waals surface area contributed by atoms with Gasteiger partial charge in [0.05, 0.1) is 5.69 Å². The average molecular weight is 377 g/mol. The smallest absolute Gasteiger partial charge is 0.267 e. The van der Waals surface area contributed by atoms with Gasteiger partial charge in [-0.25, -0.2) is 17.2 Å². The number of anilines is 2. The van der Waals surface area contributed by atoms with Crippen LogP contribution in [-0.2, 0) is 10.0 Å². The van der Waals surface area contributed by atoms with Crippen LogP contribution >= 0.6 is 15.9 Å². The van der Waals surface area contributed by atoms with E-state index < -0.39 is 26.6 Å². The molecular formula is C13H11BrF2N2O2S. The molecule has 0 saturated heterocycles. The van der Waals surface area contributed by atoms with Crippen LogP contribution in [0.2, 0.25) is 0 Å². The Morgan fingerprint density at radius 2 is 1.67 bits per heavy atom. The molecule has 0 aliphatic carbocycles. The van der Waals surface area contributed by atoms with Gasteiger partial charge in [-0.1, -0.05) is 15.9 Å².